The summed E-state index contributed by atoms with van der Waals surface area (Å²) < 4.78 is 13.2. The minimum atomic E-state index is -0.512. The molecular formula is C10H9Cl2FN2. The summed E-state index contributed by atoms with van der Waals surface area (Å²) >= 11 is 11.7. The molecule has 0 aromatic heterocycles. The molecular weight excluding hydrogens is 238 g/mol. The molecule has 1 N–H and O–H groups in total. The van der Waals surface area contributed by atoms with Crippen molar-refractivity contribution in [3.05, 3.63) is 33.6 Å². The van der Waals surface area contributed by atoms with Crippen molar-refractivity contribution in [1.29, 1.82) is 5.26 Å². The number of hydrogen-bond acceptors (Lipinski definition) is 2. The van der Waals surface area contributed by atoms with Crippen LogP contribution in [0.1, 0.15) is 18.5 Å². The van der Waals surface area contributed by atoms with Crippen LogP contribution >= 0.6 is 23.2 Å². The Balaban J connectivity index is 3.02. The lowest BCUT2D eigenvalue weighted by Gasteiger charge is -2.15. The Morgan fingerprint density at radius 1 is 1.53 bits per heavy atom. The molecule has 0 amide bonds. The van der Waals surface area contributed by atoms with Crippen molar-refractivity contribution in [3.63, 3.8) is 0 Å². The van der Waals surface area contributed by atoms with E-state index in [4.69, 9.17) is 28.5 Å². The highest BCUT2D eigenvalue weighted by Crippen LogP contribution is 2.32. The SMILES string of the molecule is C[C@@H](NCC#N)c1c(Cl)ccc(F)c1Cl. The van der Waals surface area contributed by atoms with Gasteiger partial charge in [0, 0.05) is 16.6 Å². The molecule has 0 radical (unpaired) electrons. The largest absolute Gasteiger partial charge is 0.298 e. The van der Waals surface area contributed by atoms with E-state index in [0.29, 0.717) is 10.6 Å². The molecule has 15 heavy (non-hydrogen) atoms. The van der Waals surface area contributed by atoms with Crippen LogP contribution in [0.4, 0.5) is 4.39 Å². The molecule has 0 aliphatic rings. The van der Waals surface area contributed by atoms with Gasteiger partial charge in [-0.25, -0.2) is 4.39 Å². The smallest absolute Gasteiger partial charge is 0.142 e. The average molecular weight is 247 g/mol. The van der Waals surface area contributed by atoms with Crippen molar-refractivity contribution >= 4 is 23.2 Å². The van der Waals surface area contributed by atoms with Crippen molar-refractivity contribution in [2.24, 2.45) is 0 Å². The monoisotopic (exact) mass is 246 g/mol. The Hall–Kier alpha value is -0.820. The summed E-state index contributed by atoms with van der Waals surface area (Å²) in [5.41, 5.74) is 0.480. The van der Waals surface area contributed by atoms with Gasteiger partial charge < -0.3 is 0 Å². The zero-order valence-corrected chi connectivity index (χ0v) is 9.53. The van der Waals surface area contributed by atoms with Crippen LogP contribution in [0.3, 0.4) is 0 Å². The lowest BCUT2D eigenvalue weighted by Crippen LogP contribution is -2.19. The molecule has 0 aliphatic carbocycles. The second-order valence-electron chi connectivity index (χ2n) is 3.02. The minimum absolute atomic E-state index is 0.000407. The predicted molar refractivity (Wildman–Crippen MR) is 58.5 cm³/mol. The molecule has 0 fully saturated rings. The van der Waals surface area contributed by atoms with E-state index in [-0.39, 0.29) is 17.6 Å². The standard InChI is InChI=1S/C10H9Cl2FN2/c1-6(15-5-4-14)9-7(11)2-3-8(13)10(9)12/h2-3,6,15H,5H2,1H3/t6-/m1/s1. The van der Waals surface area contributed by atoms with Crippen molar-refractivity contribution in [3.8, 4) is 6.07 Å². The zero-order chi connectivity index (χ0) is 11.4. The molecule has 2 nitrogen and oxygen atoms in total. The van der Waals surface area contributed by atoms with E-state index in [1.165, 1.54) is 12.1 Å². The van der Waals surface area contributed by atoms with Gasteiger partial charge in [-0.3, -0.25) is 5.32 Å². The number of nitrogens with zero attached hydrogens (tertiary/aromatic N) is 1. The lowest BCUT2D eigenvalue weighted by molar-refractivity contribution is 0.597. The van der Waals surface area contributed by atoms with Crippen LogP contribution in [0.15, 0.2) is 12.1 Å². The molecule has 1 aromatic carbocycles. The number of rotatable bonds is 3. The quantitative estimate of drug-likeness (QED) is 0.657. The van der Waals surface area contributed by atoms with Crippen LogP contribution < -0.4 is 5.32 Å². The maximum atomic E-state index is 13.2. The molecule has 1 rings (SSSR count). The molecule has 0 saturated heterocycles. The normalized spacial score (nSPS) is 12.2. The zero-order valence-electron chi connectivity index (χ0n) is 8.02. The topological polar surface area (TPSA) is 35.8 Å². The van der Waals surface area contributed by atoms with Crippen LogP contribution in [0.25, 0.3) is 0 Å². The molecule has 0 saturated carbocycles. The first-order valence-electron chi connectivity index (χ1n) is 4.31. The molecule has 0 bridgehead atoms. The molecule has 0 spiro atoms. The maximum absolute atomic E-state index is 13.2. The van der Waals surface area contributed by atoms with Crippen molar-refractivity contribution < 1.29 is 4.39 Å². The van der Waals surface area contributed by atoms with Gasteiger partial charge in [0.2, 0.25) is 0 Å². The van der Waals surface area contributed by atoms with Gasteiger partial charge in [0.1, 0.15) is 5.82 Å². The maximum Gasteiger partial charge on any atom is 0.142 e. The molecule has 80 valence electrons. The second kappa shape index (κ2) is 5.32. The van der Waals surface area contributed by atoms with E-state index in [9.17, 15) is 4.39 Å². The van der Waals surface area contributed by atoms with Gasteiger partial charge in [-0.15, -0.1) is 0 Å². The summed E-state index contributed by atoms with van der Waals surface area (Å²) in [6.07, 6.45) is 0. The number of halogens is 3. The first kappa shape index (κ1) is 12.3. The van der Waals surface area contributed by atoms with Crippen molar-refractivity contribution in [1.82, 2.24) is 5.32 Å². The minimum Gasteiger partial charge on any atom is -0.298 e. The third-order valence-electron chi connectivity index (χ3n) is 2.00. The van der Waals surface area contributed by atoms with E-state index in [1.54, 1.807) is 6.92 Å². The van der Waals surface area contributed by atoms with Gasteiger partial charge >= 0.3 is 0 Å². The molecule has 1 atom stereocenters. The molecule has 1 aromatic rings. The highest BCUT2D eigenvalue weighted by atomic mass is 35.5. The van der Waals surface area contributed by atoms with Crippen LogP contribution in [0.5, 0.6) is 0 Å². The fourth-order valence-corrected chi connectivity index (χ4v) is 1.94. The van der Waals surface area contributed by atoms with E-state index in [2.05, 4.69) is 5.32 Å². The third kappa shape index (κ3) is 2.82. The summed E-state index contributed by atoms with van der Waals surface area (Å²) in [5, 5.41) is 11.7. The number of nitrogens with one attached hydrogen (secondary N) is 1. The fourth-order valence-electron chi connectivity index (χ4n) is 1.24. The van der Waals surface area contributed by atoms with Crippen LogP contribution in [-0.4, -0.2) is 6.54 Å². The number of nitriles is 1. The Kier molecular flexibility index (Phi) is 4.34. The van der Waals surface area contributed by atoms with E-state index >= 15 is 0 Å². The summed E-state index contributed by atoms with van der Waals surface area (Å²) in [6.45, 7) is 1.92. The summed E-state index contributed by atoms with van der Waals surface area (Å²) in [5.74, 6) is -0.512. The van der Waals surface area contributed by atoms with Crippen LogP contribution in [-0.2, 0) is 0 Å². The number of hydrogen-bond donors (Lipinski definition) is 1. The first-order valence-corrected chi connectivity index (χ1v) is 5.07. The van der Waals surface area contributed by atoms with Gasteiger partial charge in [-0.05, 0) is 19.1 Å². The van der Waals surface area contributed by atoms with E-state index in [1.807, 2.05) is 6.07 Å². The fraction of sp³-hybridized carbons (Fsp3) is 0.300. The molecule has 0 aliphatic heterocycles. The van der Waals surface area contributed by atoms with Gasteiger partial charge in [0.15, 0.2) is 0 Å². The summed E-state index contributed by atoms with van der Waals surface area (Å²) in [7, 11) is 0. The Bertz CT molecular complexity index is 401. The van der Waals surface area contributed by atoms with Crippen molar-refractivity contribution in [2.45, 2.75) is 13.0 Å². The Morgan fingerprint density at radius 2 is 2.20 bits per heavy atom. The first-order chi connectivity index (χ1) is 7.07. The van der Waals surface area contributed by atoms with Gasteiger partial charge in [-0.1, -0.05) is 23.2 Å². The van der Waals surface area contributed by atoms with Crippen LogP contribution in [0.2, 0.25) is 10.0 Å². The summed E-state index contributed by atoms with van der Waals surface area (Å²) in [6, 6.07) is 4.33. The van der Waals surface area contributed by atoms with Crippen LogP contribution in [0, 0.1) is 17.1 Å². The Labute approximate surface area is 97.6 Å². The van der Waals surface area contributed by atoms with Gasteiger partial charge in [-0.2, -0.15) is 5.26 Å². The van der Waals surface area contributed by atoms with Gasteiger partial charge in [0.05, 0.1) is 17.6 Å². The van der Waals surface area contributed by atoms with Gasteiger partial charge in [0.25, 0.3) is 0 Å². The van der Waals surface area contributed by atoms with E-state index < -0.39 is 5.82 Å². The van der Waals surface area contributed by atoms with E-state index in [0.717, 1.165) is 0 Å². The average Bonchev–Trinajstić information content (AvgIpc) is 2.21. The highest BCUT2D eigenvalue weighted by Gasteiger charge is 2.16. The second-order valence-corrected chi connectivity index (χ2v) is 3.80. The summed E-state index contributed by atoms with van der Waals surface area (Å²) in [4.78, 5) is 0. The van der Waals surface area contributed by atoms with Crippen molar-refractivity contribution in [2.75, 3.05) is 6.54 Å². The Morgan fingerprint density at radius 3 is 2.80 bits per heavy atom. The highest BCUT2D eigenvalue weighted by molar-refractivity contribution is 6.36. The molecule has 0 unspecified atom stereocenters. The predicted octanol–water partition coefficient (Wildman–Crippen LogP) is 3.31. The molecule has 0 heterocycles. The lowest BCUT2D eigenvalue weighted by atomic mass is 10.1. The molecule has 5 heteroatoms. The third-order valence-corrected chi connectivity index (χ3v) is 2.71. The number of benzene rings is 1.